The Labute approximate surface area is 203 Å². The summed E-state index contributed by atoms with van der Waals surface area (Å²) < 4.78 is 4.36. The van der Waals surface area contributed by atoms with E-state index in [0.717, 1.165) is 84.5 Å². The number of amides is 2. The fraction of sp³-hybridized carbons (Fsp3) is 0.310. The first kappa shape index (κ1) is 21.9. The molecule has 2 N–H and O–H groups in total. The summed E-state index contributed by atoms with van der Waals surface area (Å²) in [7, 11) is 0. The van der Waals surface area contributed by atoms with Crippen LogP contribution in [0.15, 0.2) is 60.9 Å². The Kier molecular flexibility index (Phi) is 5.53. The van der Waals surface area contributed by atoms with Crippen molar-refractivity contribution in [3.63, 3.8) is 0 Å². The maximum Gasteiger partial charge on any atom is 0.259 e. The number of nitrogens with one attached hydrogen (secondary N) is 1. The van der Waals surface area contributed by atoms with Crippen LogP contribution >= 0.6 is 0 Å². The topological polar surface area (TPSA) is 76.3 Å². The molecule has 2 aliphatic rings. The second-order valence-corrected chi connectivity index (χ2v) is 9.69. The smallest absolute Gasteiger partial charge is 0.259 e. The van der Waals surface area contributed by atoms with Gasteiger partial charge < -0.3 is 14.2 Å². The first-order chi connectivity index (χ1) is 17.1. The SMILES string of the molecule is O=C1NC(=O)C2=C1c1cn(c3ccccc13)CCCCC(O)CCCCn1cc2c2ccccc21. The van der Waals surface area contributed by atoms with Crippen molar-refractivity contribution < 1.29 is 14.7 Å². The van der Waals surface area contributed by atoms with E-state index in [1.807, 2.05) is 48.8 Å². The predicted molar refractivity (Wildman–Crippen MR) is 138 cm³/mol. The Balaban J connectivity index is 1.60. The zero-order valence-corrected chi connectivity index (χ0v) is 19.7. The van der Waals surface area contributed by atoms with Gasteiger partial charge in [-0.1, -0.05) is 36.4 Å². The third-order valence-electron chi connectivity index (χ3n) is 7.42. The molecule has 0 saturated heterocycles. The number of aliphatic hydroxyl groups is 1. The minimum Gasteiger partial charge on any atom is -0.393 e. The zero-order valence-electron chi connectivity index (χ0n) is 19.7. The molecular formula is C29H29N3O3. The molecule has 0 atom stereocenters. The predicted octanol–water partition coefficient (Wildman–Crippen LogP) is 4.88. The van der Waals surface area contributed by atoms with E-state index in [2.05, 4.69) is 26.6 Å². The monoisotopic (exact) mass is 467 g/mol. The summed E-state index contributed by atoms with van der Waals surface area (Å²) in [4.78, 5) is 26.4. The van der Waals surface area contributed by atoms with Crippen LogP contribution in [0, 0.1) is 0 Å². The normalized spacial score (nSPS) is 18.2. The van der Waals surface area contributed by atoms with E-state index in [4.69, 9.17) is 0 Å². The number of rotatable bonds is 0. The number of para-hydroxylation sites is 2. The maximum absolute atomic E-state index is 13.2. The lowest BCUT2D eigenvalue weighted by Gasteiger charge is -2.11. The van der Waals surface area contributed by atoms with Crippen molar-refractivity contribution in [2.24, 2.45) is 0 Å². The number of fused-ring (bicyclic) bond motifs is 12. The molecule has 2 amide bonds. The molecule has 2 aromatic carbocycles. The van der Waals surface area contributed by atoms with Crippen LogP contribution < -0.4 is 5.32 Å². The van der Waals surface area contributed by atoms with Gasteiger partial charge in [-0.2, -0.15) is 0 Å². The Morgan fingerprint density at radius 2 is 1.14 bits per heavy atom. The first-order valence-corrected chi connectivity index (χ1v) is 12.6. The van der Waals surface area contributed by atoms with Gasteiger partial charge in [0.05, 0.1) is 17.3 Å². The van der Waals surface area contributed by atoms with Crippen LogP contribution in [0.4, 0.5) is 0 Å². The highest BCUT2D eigenvalue weighted by molar-refractivity contribution is 6.50. The molecule has 4 bridgehead atoms. The Morgan fingerprint density at radius 1 is 0.686 bits per heavy atom. The van der Waals surface area contributed by atoms with E-state index in [-0.39, 0.29) is 17.9 Å². The number of aryl methyl sites for hydroxylation is 2. The number of imide groups is 1. The highest BCUT2D eigenvalue weighted by Crippen LogP contribution is 2.39. The zero-order chi connectivity index (χ0) is 23.9. The summed E-state index contributed by atoms with van der Waals surface area (Å²) in [5.41, 5.74) is 4.58. The van der Waals surface area contributed by atoms with Crippen molar-refractivity contribution in [1.29, 1.82) is 0 Å². The van der Waals surface area contributed by atoms with Crippen molar-refractivity contribution in [3.8, 4) is 0 Å². The Bertz CT molecular complexity index is 1380. The standard InChI is InChI=1S/C29H29N3O3/c33-19-9-5-7-15-31-17-22(20-11-1-3-13-24(20)31)26-27(29(35)30-28(26)34)23-18-32(16-8-6-10-19)25-14-4-2-12-21(23)25/h1-4,11-14,17-19,33H,5-10,15-16H2,(H,30,34,35). The van der Waals surface area contributed by atoms with Gasteiger partial charge in [-0.25, -0.2) is 0 Å². The van der Waals surface area contributed by atoms with Crippen LogP contribution in [0.25, 0.3) is 33.0 Å². The molecule has 0 spiro atoms. The van der Waals surface area contributed by atoms with E-state index in [1.165, 1.54) is 0 Å². The minimum atomic E-state index is -0.342. The van der Waals surface area contributed by atoms with Crippen LogP contribution in [-0.2, 0) is 22.7 Å². The lowest BCUT2D eigenvalue weighted by Crippen LogP contribution is -2.22. The van der Waals surface area contributed by atoms with E-state index in [0.29, 0.717) is 11.1 Å². The van der Waals surface area contributed by atoms with Gasteiger partial charge in [0.15, 0.2) is 0 Å². The number of nitrogens with zero attached hydrogens (tertiary/aromatic N) is 2. The summed E-state index contributed by atoms with van der Waals surface area (Å²) in [6.45, 7) is 1.59. The molecule has 6 nitrogen and oxygen atoms in total. The van der Waals surface area contributed by atoms with Gasteiger partial charge in [-0.05, 0) is 50.7 Å². The van der Waals surface area contributed by atoms with Crippen LogP contribution in [0.2, 0.25) is 0 Å². The third-order valence-corrected chi connectivity index (χ3v) is 7.42. The molecule has 6 rings (SSSR count). The molecule has 0 radical (unpaired) electrons. The molecule has 2 aromatic heterocycles. The van der Waals surface area contributed by atoms with Gasteiger partial charge in [-0.15, -0.1) is 0 Å². The van der Waals surface area contributed by atoms with Crippen molar-refractivity contribution in [3.05, 3.63) is 72.1 Å². The van der Waals surface area contributed by atoms with Gasteiger partial charge >= 0.3 is 0 Å². The number of carbonyl (C=O) groups is 2. The quantitative estimate of drug-likeness (QED) is 0.362. The molecule has 0 unspecified atom stereocenters. The van der Waals surface area contributed by atoms with Gasteiger partial charge in [0.2, 0.25) is 0 Å². The number of carbonyl (C=O) groups excluding carboxylic acids is 2. The number of aliphatic hydroxyl groups excluding tert-OH is 1. The molecule has 2 aliphatic heterocycles. The Hall–Kier alpha value is -3.64. The van der Waals surface area contributed by atoms with E-state index < -0.39 is 0 Å². The van der Waals surface area contributed by atoms with E-state index in [1.54, 1.807) is 0 Å². The van der Waals surface area contributed by atoms with Gasteiger partial charge in [-0.3, -0.25) is 14.9 Å². The van der Waals surface area contributed by atoms with E-state index in [9.17, 15) is 14.7 Å². The largest absolute Gasteiger partial charge is 0.393 e. The molecule has 4 aromatic rings. The van der Waals surface area contributed by atoms with Crippen LogP contribution in [0.1, 0.15) is 49.7 Å². The average molecular weight is 468 g/mol. The number of benzene rings is 2. The molecule has 0 saturated carbocycles. The lowest BCUT2D eigenvalue weighted by molar-refractivity contribution is -0.122. The summed E-state index contributed by atoms with van der Waals surface area (Å²) in [6.07, 6.45) is 9.15. The highest BCUT2D eigenvalue weighted by atomic mass is 16.3. The second-order valence-electron chi connectivity index (χ2n) is 9.69. The van der Waals surface area contributed by atoms with Crippen molar-refractivity contribution in [2.75, 3.05) is 0 Å². The van der Waals surface area contributed by atoms with Crippen molar-refractivity contribution in [2.45, 2.75) is 57.7 Å². The molecule has 6 heteroatoms. The second kappa shape index (κ2) is 8.86. The Morgan fingerprint density at radius 3 is 1.63 bits per heavy atom. The fourth-order valence-electron chi connectivity index (χ4n) is 5.70. The van der Waals surface area contributed by atoms with E-state index >= 15 is 0 Å². The summed E-state index contributed by atoms with van der Waals surface area (Å²) in [5.74, 6) is -0.684. The first-order valence-electron chi connectivity index (χ1n) is 12.6. The number of hydrogen-bond donors (Lipinski definition) is 2. The minimum absolute atomic E-state index is 0.272. The molecule has 0 fully saturated rings. The van der Waals surface area contributed by atoms with Crippen LogP contribution in [0.5, 0.6) is 0 Å². The van der Waals surface area contributed by atoms with Crippen LogP contribution in [0.3, 0.4) is 0 Å². The number of hydrogen-bond acceptors (Lipinski definition) is 3. The third kappa shape index (κ3) is 3.78. The van der Waals surface area contributed by atoms with Crippen molar-refractivity contribution >= 4 is 44.8 Å². The maximum atomic E-state index is 13.2. The number of aromatic nitrogens is 2. The van der Waals surface area contributed by atoms with Gasteiger partial charge in [0.25, 0.3) is 11.8 Å². The average Bonchev–Trinajstić information content (AvgIpc) is 3.50. The lowest BCUT2D eigenvalue weighted by atomic mass is 9.95. The van der Waals surface area contributed by atoms with Crippen LogP contribution in [-0.4, -0.2) is 32.2 Å². The molecule has 0 aliphatic carbocycles. The van der Waals surface area contributed by atoms with Gasteiger partial charge in [0, 0.05) is 58.4 Å². The summed E-state index contributed by atoms with van der Waals surface area (Å²) >= 11 is 0. The molecule has 4 heterocycles. The molecular weight excluding hydrogens is 438 g/mol. The van der Waals surface area contributed by atoms with Crippen molar-refractivity contribution in [1.82, 2.24) is 14.5 Å². The van der Waals surface area contributed by atoms with Gasteiger partial charge in [0.1, 0.15) is 0 Å². The summed E-state index contributed by atoms with van der Waals surface area (Å²) in [6, 6.07) is 16.1. The summed E-state index contributed by atoms with van der Waals surface area (Å²) in [5, 5.41) is 15.0. The molecule has 35 heavy (non-hydrogen) atoms. The fourth-order valence-corrected chi connectivity index (χ4v) is 5.70. The highest BCUT2D eigenvalue weighted by Gasteiger charge is 2.35. The molecule has 178 valence electrons.